The molecule has 4 rings (SSSR count). The van der Waals surface area contributed by atoms with Gasteiger partial charge in [0.25, 0.3) is 11.8 Å². The summed E-state index contributed by atoms with van der Waals surface area (Å²) in [4.78, 5) is 56.3. The molecule has 3 amide bonds. The van der Waals surface area contributed by atoms with E-state index in [0.29, 0.717) is 70.8 Å². The molecule has 0 radical (unpaired) electrons. The van der Waals surface area contributed by atoms with E-state index in [-0.39, 0.29) is 54.1 Å². The Balaban J connectivity index is 1.34. The predicted octanol–water partition coefficient (Wildman–Crippen LogP) is 2.72. The number of aryl methyl sites for hydroxylation is 1. The molecular formula is C28H36FN5O5. The van der Waals surface area contributed by atoms with Gasteiger partial charge in [-0.3, -0.25) is 23.9 Å². The number of fused-ring (bicyclic) bond motifs is 1. The number of hydrogen-bond donors (Lipinski definition) is 0. The van der Waals surface area contributed by atoms with Gasteiger partial charge in [-0.2, -0.15) is 5.10 Å². The van der Waals surface area contributed by atoms with Crippen LogP contribution in [0.25, 0.3) is 0 Å². The molecular weight excluding hydrogens is 505 g/mol. The molecule has 1 fully saturated rings. The van der Waals surface area contributed by atoms with Crippen LogP contribution in [0.3, 0.4) is 0 Å². The third kappa shape index (κ3) is 6.82. The maximum atomic E-state index is 13.3. The average Bonchev–Trinajstić information content (AvgIpc) is 3.31. The molecule has 2 aliphatic rings. The van der Waals surface area contributed by atoms with Crippen LogP contribution in [0.1, 0.15) is 66.1 Å². The van der Waals surface area contributed by atoms with Crippen molar-refractivity contribution in [2.45, 2.75) is 52.6 Å². The van der Waals surface area contributed by atoms with Gasteiger partial charge in [0.15, 0.2) is 5.69 Å². The first-order valence-corrected chi connectivity index (χ1v) is 13.7. The van der Waals surface area contributed by atoms with Crippen molar-refractivity contribution in [2.24, 2.45) is 5.92 Å². The first-order valence-electron chi connectivity index (χ1n) is 13.7. The van der Waals surface area contributed by atoms with Crippen molar-refractivity contribution in [1.82, 2.24) is 24.5 Å². The third-order valence-electron chi connectivity index (χ3n) is 7.32. The fourth-order valence-electron chi connectivity index (χ4n) is 5.08. The number of esters is 1. The van der Waals surface area contributed by atoms with Gasteiger partial charge in [-0.25, -0.2) is 4.39 Å². The Labute approximate surface area is 227 Å². The number of ether oxygens (including phenoxy) is 1. The highest BCUT2D eigenvalue weighted by atomic mass is 19.1. The minimum Gasteiger partial charge on any atom is -0.466 e. The number of benzene rings is 1. The zero-order valence-corrected chi connectivity index (χ0v) is 22.6. The van der Waals surface area contributed by atoms with E-state index in [0.717, 1.165) is 5.56 Å². The molecule has 0 spiro atoms. The molecule has 39 heavy (non-hydrogen) atoms. The minimum absolute atomic E-state index is 0.0594. The summed E-state index contributed by atoms with van der Waals surface area (Å²) in [6.07, 6.45) is 2.00. The summed E-state index contributed by atoms with van der Waals surface area (Å²) < 4.78 is 19.9. The number of amides is 3. The highest BCUT2D eigenvalue weighted by Crippen LogP contribution is 2.20. The number of likely N-dealkylation sites (tertiary alicyclic amines) is 1. The Morgan fingerprint density at radius 3 is 2.46 bits per heavy atom. The smallest absolute Gasteiger partial charge is 0.309 e. The lowest BCUT2D eigenvalue weighted by molar-refractivity contribution is -0.151. The van der Waals surface area contributed by atoms with E-state index in [2.05, 4.69) is 5.10 Å². The zero-order chi connectivity index (χ0) is 27.9. The molecule has 0 saturated carbocycles. The molecule has 1 saturated heterocycles. The molecule has 0 atom stereocenters. The van der Waals surface area contributed by atoms with Crippen LogP contribution < -0.4 is 0 Å². The van der Waals surface area contributed by atoms with Gasteiger partial charge in [0.05, 0.1) is 12.5 Å². The van der Waals surface area contributed by atoms with E-state index in [1.54, 1.807) is 38.4 Å². The second kappa shape index (κ2) is 12.9. The number of hydrogen-bond acceptors (Lipinski definition) is 6. The van der Waals surface area contributed by atoms with Crippen molar-refractivity contribution in [3.63, 3.8) is 0 Å². The highest BCUT2D eigenvalue weighted by molar-refractivity contribution is 5.98. The molecule has 1 aromatic carbocycles. The van der Waals surface area contributed by atoms with Crippen LogP contribution in [0.2, 0.25) is 0 Å². The van der Waals surface area contributed by atoms with Crippen molar-refractivity contribution in [1.29, 1.82) is 0 Å². The molecule has 2 aromatic rings. The molecule has 1 aromatic heterocycles. The lowest BCUT2D eigenvalue weighted by Crippen LogP contribution is -2.42. The topological polar surface area (TPSA) is 105 Å². The average molecular weight is 542 g/mol. The normalized spacial score (nSPS) is 16.0. The number of piperidine rings is 1. The van der Waals surface area contributed by atoms with Crippen LogP contribution in [0.15, 0.2) is 30.3 Å². The standard InChI is InChI=1S/C28H36FN5O5/c1-3-31(17-12-25(35)32-15-10-21(11-16-32)28(38)39-4-2)26(36)23-18-24-27(37)33(13-5-14-34(24)30-23)19-20-6-8-22(29)9-7-20/h6-9,18,21H,3-5,10-17,19H2,1-2H3. The molecule has 11 heteroatoms. The van der Waals surface area contributed by atoms with E-state index < -0.39 is 0 Å². The Morgan fingerprint density at radius 1 is 1.08 bits per heavy atom. The van der Waals surface area contributed by atoms with Gasteiger partial charge >= 0.3 is 5.97 Å². The van der Waals surface area contributed by atoms with Crippen LogP contribution in [0.4, 0.5) is 4.39 Å². The van der Waals surface area contributed by atoms with Crippen molar-refractivity contribution in [3.8, 4) is 0 Å². The summed E-state index contributed by atoms with van der Waals surface area (Å²) in [5.41, 5.74) is 1.34. The fraction of sp³-hybridized carbons (Fsp3) is 0.536. The zero-order valence-electron chi connectivity index (χ0n) is 22.6. The SMILES string of the molecule is CCOC(=O)C1CCN(C(=O)CCN(CC)C(=O)c2cc3n(n2)CCCN(Cc2ccc(F)cc2)C3=O)CC1. The summed E-state index contributed by atoms with van der Waals surface area (Å²) in [6, 6.07) is 7.58. The molecule has 0 N–H and O–H groups in total. The van der Waals surface area contributed by atoms with Gasteiger partial charge in [-0.15, -0.1) is 0 Å². The van der Waals surface area contributed by atoms with Crippen LogP contribution >= 0.6 is 0 Å². The van der Waals surface area contributed by atoms with E-state index in [9.17, 15) is 23.6 Å². The number of halogens is 1. The van der Waals surface area contributed by atoms with Gasteiger partial charge in [0, 0.05) is 58.3 Å². The number of carbonyl (C=O) groups excluding carboxylic acids is 4. The van der Waals surface area contributed by atoms with E-state index >= 15 is 0 Å². The van der Waals surface area contributed by atoms with E-state index in [4.69, 9.17) is 4.74 Å². The number of carbonyl (C=O) groups is 4. The van der Waals surface area contributed by atoms with E-state index in [1.165, 1.54) is 18.2 Å². The fourth-order valence-corrected chi connectivity index (χ4v) is 5.08. The Morgan fingerprint density at radius 2 is 1.79 bits per heavy atom. The van der Waals surface area contributed by atoms with Crippen molar-refractivity contribution in [2.75, 3.05) is 39.3 Å². The Hall–Kier alpha value is -3.76. The van der Waals surface area contributed by atoms with Crippen molar-refractivity contribution in [3.05, 3.63) is 53.1 Å². The monoisotopic (exact) mass is 541 g/mol. The lowest BCUT2D eigenvalue weighted by atomic mass is 9.97. The summed E-state index contributed by atoms with van der Waals surface area (Å²) >= 11 is 0. The highest BCUT2D eigenvalue weighted by Gasteiger charge is 2.30. The van der Waals surface area contributed by atoms with Crippen molar-refractivity contribution < 1.29 is 28.3 Å². The predicted molar refractivity (Wildman–Crippen MR) is 140 cm³/mol. The van der Waals surface area contributed by atoms with Gasteiger partial charge < -0.3 is 19.4 Å². The van der Waals surface area contributed by atoms with Gasteiger partial charge in [0.2, 0.25) is 5.91 Å². The summed E-state index contributed by atoms with van der Waals surface area (Å²) in [7, 11) is 0. The maximum Gasteiger partial charge on any atom is 0.309 e. The van der Waals surface area contributed by atoms with Crippen LogP contribution in [0.5, 0.6) is 0 Å². The molecule has 0 bridgehead atoms. The first kappa shape index (κ1) is 28.3. The van der Waals surface area contributed by atoms with Gasteiger partial charge in [-0.1, -0.05) is 12.1 Å². The first-order chi connectivity index (χ1) is 18.8. The molecule has 3 heterocycles. The summed E-state index contributed by atoms with van der Waals surface area (Å²) in [6.45, 7) is 6.95. The summed E-state index contributed by atoms with van der Waals surface area (Å²) in [5, 5.41) is 4.43. The molecule has 10 nitrogen and oxygen atoms in total. The second-order valence-electron chi connectivity index (χ2n) is 9.89. The Bertz CT molecular complexity index is 1190. The summed E-state index contributed by atoms with van der Waals surface area (Å²) in [5.74, 6) is -1.33. The molecule has 210 valence electrons. The van der Waals surface area contributed by atoms with Gasteiger partial charge in [0.1, 0.15) is 11.5 Å². The molecule has 0 aliphatic carbocycles. The number of nitrogens with zero attached hydrogens (tertiary/aromatic N) is 5. The van der Waals surface area contributed by atoms with E-state index in [1.807, 2.05) is 6.92 Å². The van der Waals surface area contributed by atoms with Crippen LogP contribution in [-0.2, 0) is 27.4 Å². The molecule has 0 unspecified atom stereocenters. The van der Waals surface area contributed by atoms with Crippen molar-refractivity contribution >= 4 is 23.7 Å². The van der Waals surface area contributed by atoms with Gasteiger partial charge in [-0.05, 0) is 50.8 Å². The number of aromatic nitrogens is 2. The minimum atomic E-state index is -0.331. The Kier molecular flexibility index (Phi) is 9.32. The second-order valence-corrected chi connectivity index (χ2v) is 9.89. The number of rotatable bonds is 9. The lowest BCUT2D eigenvalue weighted by Gasteiger charge is -2.31. The van der Waals surface area contributed by atoms with Crippen LogP contribution in [0, 0.1) is 11.7 Å². The quantitative estimate of drug-likeness (QED) is 0.452. The van der Waals surface area contributed by atoms with Crippen LogP contribution in [-0.4, -0.2) is 87.5 Å². The largest absolute Gasteiger partial charge is 0.466 e. The maximum absolute atomic E-state index is 13.3. The third-order valence-corrected chi connectivity index (χ3v) is 7.32. The molecule has 2 aliphatic heterocycles.